The Kier molecular flexibility index (Phi) is 9.79. The van der Waals surface area contributed by atoms with E-state index in [4.69, 9.17) is 11.6 Å². The lowest BCUT2D eigenvalue weighted by Crippen LogP contribution is -2.58. The molecule has 6 N–H and O–H groups in total. The molecule has 0 spiro atoms. The Labute approximate surface area is 222 Å². The molecule has 0 atom stereocenters. The second-order valence-corrected chi connectivity index (χ2v) is 10.1. The fourth-order valence-electron chi connectivity index (χ4n) is 4.30. The van der Waals surface area contributed by atoms with Crippen molar-refractivity contribution in [3.05, 3.63) is 77.5 Å². The van der Waals surface area contributed by atoms with Crippen molar-refractivity contribution in [3.63, 3.8) is 0 Å². The summed E-state index contributed by atoms with van der Waals surface area (Å²) in [5.41, 5.74) is 19.5. The second-order valence-electron chi connectivity index (χ2n) is 10.1. The monoisotopic (exact) mass is 514 g/mol. The van der Waals surface area contributed by atoms with E-state index in [0.717, 1.165) is 33.8 Å². The summed E-state index contributed by atoms with van der Waals surface area (Å²) in [5.74, 6) is 6.63. The molecule has 0 aliphatic carbocycles. The molecule has 0 aromatic heterocycles. The molecule has 35 heavy (non-hydrogen) atoms. The number of nitrogens with zero attached hydrogens (tertiary/aromatic N) is 2. The van der Waals surface area contributed by atoms with Gasteiger partial charge in [0.05, 0.1) is 17.1 Å². The average Bonchev–Trinajstić information content (AvgIpc) is 2.83. The van der Waals surface area contributed by atoms with Gasteiger partial charge in [0.15, 0.2) is 0 Å². The Balaban J connectivity index is 0.00000210. The van der Waals surface area contributed by atoms with Crippen LogP contribution in [0.5, 0.6) is 0 Å². The van der Waals surface area contributed by atoms with Crippen LogP contribution in [0.2, 0.25) is 0 Å². The average molecular weight is 515 g/mol. The Hall–Kier alpha value is -2.10. The van der Waals surface area contributed by atoms with Gasteiger partial charge in [0.2, 0.25) is 0 Å². The number of hydrogen-bond acceptors (Lipinski definition) is 8. The lowest BCUT2D eigenvalue weighted by molar-refractivity contribution is 0.174. The quantitative estimate of drug-likeness (QED) is 0.132. The van der Waals surface area contributed by atoms with Crippen molar-refractivity contribution in [2.24, 2.45) is 17.0 Å². The van der Waals surface area contributed by atoms with Gasteiger partial charge in [-0.15, -0.1) is 23.3 Å². The molecular weight excluding hydrogens is 472 g/mol. The summed E-state index contributed by atoms with van der Waals surface area (Å²) in [5, 5.41) is 1.77. The highest BCUT2D eigenvalue weighted by Crippen LogP contribution is 2.44. The minimum atomic E-state index is -0.298. The molecule has 1 heterocycles. The third kappa shape index (κ3) is 5.67. The summed E-state index contributed by atoms with van der Waals surface area (Å²) in [7, 11) is 1.89. The van der Waals surface area contributed by atoms with Gasteiger partial charge < -0.3 is 15.6 Å². The number of fused-ring (bicyclic) bond motifs is 2. The van der Waals surface area contributed by atoms with Gasteiger partial charge in [-0.25, -0.2) is 5.84 Å². The first kappa shape index (κ1) is 29.1. The first-order valence-corrected chi connectivity index (χ1v) is 13.4. The lowest BCUT2D eigenvalue weighted by atomic mass is 9.72. The minimum absolute atomic E-state index is 0.0741. The van der Waals surface area contributed by atoms with E-state index in [1.165, 1.54) is 0 Å². The van der Waals surface area contributed by atoms with Gasteiger partial charge >= 0.3 is 0 Å². The van der Waals surface area contributed by atoms with Gasteiger partial charge in [-0.3, -0.25) is 10.9 Å². The Bertz CT molecular complexity index is 1060. The Morgan fingerprint density at radius 3 is 2.14 bits per heavy atom. The number of para-hydroxylation sites is 1. The number of thiol groups is 2. The van der Waals surface area contributed by atoms with Gasteiger partial charge in [0.25, 0.3) is 0 Å². The Morgan fingerprint density at radius 2 is 1.57 bits per heavy atom. The van der Waals surface area contributed by atoms with Crippen molar-refractivity contribution >= 4 is 40.4 Å². The zero-order chi connectivity index (χ0) is 26.6. The van der Waals surface area contributed by atoms with Crippen LogP contribution in [0.3, 0.4) is 0 Å². The molecule has 3 rings (SSSR count). The van der Waals surface area contributed by atoms with Crippen molar-refractivity contribution in [2.75, 3.05) is 11.9 Å². The lowest BCUT2D eigenvalue weighted by Gasteiger charge is -2.48. The second kappa shape index (κ2) is 11.8. The maximum atomic E-state index is 6.83. The summed E-state index contributed by atoms with van der Waals surface area (Å²) >= 11 is 6.44. The number of rotatable bonds is 7. The number of hydrogen-bond donors (Lipinski definition) is 6. The highest BCUT2D eigenvalue weighted by atomic mass is 33.1. The fraction of sp³-hybridized carbons (Fsp3) is 0.407. The van der Waals surface area contributed by atoms with E-state index in [0.29, 0.717) is 12.2 Å². The number of nitrogens with two attached hydrogens (primary N) is 2. The van der Waals surface area contributed by atoms with Crippen molar-refractivity contribution in [1.82, 2.24) is 15.9 Å². The molecule has 192 valence electrons. The van der Waals surface area contributed by atoms with E-state index in [2.05, 4.69) is 124 Å². The highest BCUT2D eigenvalue weighted by Gasteiger charge is 2.42. The van der Waals surface area contributed by atoms with E-state index in [-0.39, 0.29) is 17.0 Å². The molecular formula is C27H42N6S2. The van der Waals surface area contributed by atoms with E-state index < -0.39 is 0 Å². The molecule has 6 nitrogen and oxygen atoms in total. The third-order valence-electron chi connectivity index (χ3n) is 7.20. The van der Waals surface area contributed by atoms with Crippen LogP contribution in [0, 0.1) is 5.41 Å². The summed E-state index contributed by atoms with van der Waals surface area (Å²) < 4.78 is 0. The molecule has 0 fully saturated rings. The van der Waals surface area contributed by atoms with Crippen LogP contribution < -0.4 is 27.3 Å². The number of hydrazine groups is 2. The molecule has 0 bridgehead atoms. The van der Waals surface area contributed by atoms with E-state index in [9.17, 15) is 0 Å². The molecule has 0 radical (unpaired) electrons. The maximum absolute atomic E-state index is 6.83. The molecule has 8 heteroatoms. The molecule has 0 unspecified atom stereocenters. The van der Waals surface area contributed by atoms with Gasteiger partial charge in [-0.05, 0) is 46.4 Å². The van der Waals surface area contributed by atoms with E-state index in [1.807, 2.05) is 19.2 Å². The van der Waals surface area contributed by atoms with E-state index in [1.54, 1.807) is 5.01 Å². The molecule has 1 aliphatic rings. The SMILES string of the molecule is C=C(N1Cc2ccccc2/C(N)=C(/N(N)C(C)C)c2ccccc21)C(C)(C)C(C)(C)NNC.SS. The van der Waals surface area contributed by atoms with Gasteiger partial charge in [-0.1, -0.05) is 62.9 Å². The molecule has 2 aromatic rings. The summed E-state index contributed by atoms with van der Waals surface area (Å²) in [6.07, 6.45) is 0. The fourth-order valence-corrected chi connectivity index (χ4v) is 4.30. The minimum Gasteiger partial charge on any atom is -0.396 e. The number of anilines is 1. The third-order valence-corrected chi connectivity index (χ3v) is 7.20. The summed E-state index contributed by atoms with van der Waals surface area (Å²) in [6, 6.07) is 16.7. The summed E-state index contributed by atoms with van der Waals surface area (Å²) in [6.45, 7) is 18.2. The number of nitrogens with one attached hydrogen (secondary N) is 2. The van der Waals surface area contributed by atoms with Crippen molar-refractivity contribution < 1.29 is 0 Å². The largest absolute Gasteiger partial charge is 0.396 e. The smallest absolute Gasteiger partial charge is 0.0849 e. The van der Waals surface area contributed by atoms with Crippen molar-refractivity contribution in [1.29, 1.82) is 0 Å². The zero-order valence-corrected chi connectivity index (χ0v) is 23.8. The van der Waals surface area contributed by atoms with Crippen LogP contribution in [0.4, 0.5) is 5.69 Å². The van der Waals surface area contributed by atoms with Gasteiger partial charge in [0, 0.05) is 40.4 Å². The molecule has 1 aliphatic heterocycles. The van der Waals surface area contributed by atoms with Crippen LogP contribution in [0.15, 0.2) is 60.8 Å². The maximum Gasteiger partial charge on any atom is 0.0849 e. The Morgan fingerprint density at radius 1 is 1.03 bits per heavy atom. The first-order chi connectivity index (χ1) is 16.4. The standard InChI is InChI=1S/C27H40N6.H2S2/c1-18(2)33(29)25-22-15-11-12-16-23(22)32(17-20-13-9-10-14-21(20)24(25)28)19(3)26(4,5)27(6,7)31-30-8;1-2/h9-16,18,30-31H,3,17,28-29H2,1-2,4-8H3;1-2H/b25-24-;. The summed E-state index contributed by atoms with van der Waals surface area (Å²) in [4.78, 5) is 2.31. The van der Waals surface area contributed by atoms with Crippen LogP contribution in [0.25, 0.3) is 11.4 Å². The predicted octanol–water partition coefficient (Wildman–Crippen LogP) is 5.18. The van der Waals surface area contributed by atoms with Gasteiger partial charge in [-0.2, -0.15) is 0 Å². The van der Waals surface area contributed by atoms with Crippen LogP contribution >= 0.6 is 23.3 Å². The van der Waals surface area contributed by atoms with Crippen LogP contribution in [-0.4, -0.2) is 23.6 Å². The van der Waals surface area contributed by atoms with Gasteiger partial charge in [0.1, 0.15) is 0 Å². The molecule has 0 amide bonds. The predicted molar refractivity (Wildman–Crippen MR) is 158 cm³/mol. The molecule has 2 aromatic carbocycles. The zero-order valence-electron chi connectivity index (χ0n) is 22.1. The first-order valence-electron chi connectivity index (χ1n) is 11.8. The normalized spacial score (nSPS) is 15.9. The topological polar surface area (TPSA) is 82.6 Å². The van der Waals surface area contributed by atoms with Crippen LogP contribution in [0.1, 0.15) is 58.2 Å². The van der Waals surface area contributed by atoms with Crippen LogP contribution in [-0.2, 0) is 6.54 Å². The van der Waals surface area contributed by atoms with E-state index >= 15 is 0 Å². The van der Waals surface area contributed by atoms with Crippen molar-refractivity contribution in [2.45, 2.75) is 59.7 Å². The van der Waals surface area contributed by atoms with Crippen molar-refractivity contribution in [3.8, 4) is 0 Å². The highest BCUT2D eigenvalue weighted by molar-refractivity contribution is 8.59. The molecule has 0 saturated heterocycles. The molecule has 0 saturated carbocycles. The number of benzene rings is 2.